The molecule has 1 aromatic rings. The maximum Gasteiger partial charge on any atom is 0.304 e. The predicted molar refractivity (Wildman–Crippen MR) is 78.9 cm³/mol. The molecule has 21 heavy (non-hydrogen) atoms. The van der Waals surface area contributed by atoms with Gasteiger partial charge in [-0.1, -0.05) is 12.1 Å². The van der Waals surface area contributed by atoms with E-state index < -0.39 is 12.3 Å². The number of carbonyl (C=O) groups excluding carboxylic acids is 2. The highest BCUT2D eigenvalue weighted by Crippen LogP contribution is 2.28. The van der Waals surface area contributed by atoms with Crippen molar-refractivity contribution in [3.05, 3.63) is 29.8 Å². The summed E-state index contributed by atoms with van der Waals surface area (Å²) in [5.41, 5.74) is 2.10. The van der Waals surface area contributed by atoms with Crippen LogP contribution in [0.3, 0.4) is 0 Å². The summed E-state index contributed by atoms with van der Waals surface area (Å²) in [5, 5.41) is 0. The average Bonchev–Trinajstić information content (AvgIpc) is 2.39. The van der Waals surface area contributed by atoms with Crippen LogP contribution in [0.4, 0.5) is 5.69 Å². The minimum Gasteiger partial charge on any atom is -0.456 e. The standard InChI is InChI=1S/C16H21NO4/c1-11-6-4-7-14(10-11)17-9-5-8-15(20-12(2)18)16(17)21-13(3)19/h4,6-7,10,15-16H,5,8-9H2,1-3H3/t15-,16-/m0/s1. The molecule has 0 radical (unpaired) electrons. The molecule has 0 spiro atoms. The third-order valence-corrected chi connectivity index (χ3v) is 3.45. The van der Waals surface area contributed by atoms with Gasteiger partial charge in [0.05, 0.1) is 0 Å². The zero-order valence-corrected chi connectivity index (χ0v) is 12.7. The largest absolute Gasteiger partial charge is 0.456 e. The van der Waals surface area contributed by atoms with Crippen LogP contribution in [0.15, 0.2) is 24.3 Å². The Bertz CT molecular complexity index is 529. The van der Waals surface area contributed by atoms with E-state index in [0.717, 1.165) is 24.2 Å². The third kappa shape index (κ3) is 3.97. The molecule has 0 aliphatic carbocycles. The van der Waals surface area contributed by atoms with Gasteiger partial charge in [-0.2, -0.15) is 0 Å². The molecule has 0 amide bonds. The molecule has 114 valence electrons. The number of hydrogen-bond acceptors (Lipinski definition) is 5. The van der Waals surface area contributed by atoms with Crippen molar-refractivity contribution in [2.75, 3.05) is 11.4 Å². The molecule has 0 unspecified atom stereocenters. The van der Waals surface area contributed by atoms with Gasteiger partial charge in [0.25, 0.3) is 0 Å². The number of nitrogens with zero attached hydrogens (tertiary/aromatic N) is 1. The number of aryl methyl sites for hydroxylation is 1. The van der Waals surface area contributed by atoms with Crippen LogP contribution < -0.4 is 4.90 Å². The van der Waals surface area contributed by atoms with Crippen molar-refractivity contribution in [3.63, 3.8) is 0 Å². The Morgan fingerprint density at radius 1 is 1.19 bits per heavy atom. The van der Waals surface area contributed by atoms with E-state index in [1.807, 2.05) is 36.1 Å². The first-order chi connectivity index (χ1) is 9.97. The Labute approximate surface area is 124 Å². The van der Waals surface area contributed by atoms with Crippen molar-refractivity contribution < 1.29 is 19.1 Å². The van der Waals surface area contributed by atoms with Crippen LogP contribution in [0.1, 0.15) is 32.3 Å². The van der Waals surface area contributed by atoms with Gasteiger partial charge in [0.15, 0.2) is 6.10 Å². The van der Waals surface area contributed by atoms with Gasteiger partial charge in [0.1, 0.15) is 0 Å². The lowest BCUT2D eigenvalue weighted by atomic mass is 10.0. The number of ether oxygens (including phenoxy) is 2. The lowest BCUT2D eigenvalue weighted by Crippen LogP contribution is -2.52. The molecule has 1 heterocycles. The Morgan fingerprint density at radius 2 is 1.90 bits per heavy atom. The fourth-order valence-electron chi connectivity index (χ4n) is 2.66. The quantitative estimate of drug-likeness (QED) is 0.800. The highest BCUT2D eigenvalue weighted by Gasteiger charge is 2.36. The van der Waals surface area contributed by atoms with E-state index in [4.69, 9.17) is 9.47 Å². The van der Waals surface area contributed by atoms with Crippen molar-refractivity contribution in [2.24, 2.45) is 0 Å². The van der Waals surface area contributed by atoms with E-state index in [1.165, 1.54) is 13.8 Å². The molecule has 1 aliphatic rings. The molecule has 5 nitrogen and oxygen atoms in total. The summed E-state index contributed by atoms with van der Waals surface area (Å²) in [7, 11) is 0. The van der Waals surface area contributed by atoms with Gasteiger partial charge >= 0.3 is 11.9 Å². The Morgan fingerprint density at radius 3 is 2.52 bits per heavy atom. The summed E-state index contributed by atoms with van der Waals surface area (Å²) in [4.78, 5) is 24.6. The maximum atomic E-state index is 11.4. The molecule has 2 rings (SSSR count). The molecular formula is C16H21NO4. The molecule has 0 saturated carbocycles. The zero-order chi connectivity index (χ0) is 15.4. The van der Waals surface area contributed by atoms with Gasteiger partial charge in [-0.15, -0.1) is 0 Å². The Hall–Kier alpha value is -2.04. The van der Waals surface area contributed by atoms with Crippen molar-refractivity contribution in [1.29, 1.82) is 0 Å². The first-order valence-electron chi connectivity index (χ1n) is 7.15. The highest BCUT2D eigenvalue weighted by molar-refractivity contribution is 5.68. The summed E-state index contributed by atoms with van der Waals surface area (Å²) in [6.07, 6.45) is 0.575. The van der Waals surface area contributed by atoms with Crippen LogP contribution in [0.25, 0.3) is 0 Å². The van der Waals surface area contributed by atoms with Gasteiger partial charge in [-0.05, 0) is 37.5 Å². The van der Waals surface area contributed by atoms with Crippen molar-refractivity contribution >= 4 is 17.6 Å². The predicted octanol–water partition coefficient (Wildman–Crippen LogP) is 2.42. The second kappa shape index (κ2) is 6.61. The van der Waals surface area contributed by atoms with Crippen molar-refractivity contribution in [3.8, 4) is 0 Å². The number of esters is 2. The monoisotopic (exact) mass is 291 g/mol. The summed E-state index contributed by atoms with van der Waals surface area (Å²) in [6.45, 7) is 5.52. The Balaban J connectivity index is 2.27. The summed E-state index contributed by atoms with van der Waals surface area (Å²) in [5.74, 6) is -0.736. The first-order valence-corrected chi connectivity index (χ1v) is 7.15. The molecular weight excluding hydrogens is 270 g/mol. The van der Waals surface area contributed by atoms with Crippen LogP contribution in [0.5, 0.6) is 0 Å². The normalized spacial score (nSPS) is 21.8. The molecule has 0 N–H and O–H groups in total. The molecule has 0 bridgehead atoms. The van der Waals surface area contributed by atoms with Gasteiger partial charge in [-0.3, -0.25) is 9.59 Å². The topological polar surface area (TPSA) is 55.8 Å². The fraction of sp³-hybridized carbons (Fsp3) is 0.500. The van der Waals surface area contributed by atoms with E-state index in [0.29, 0.717) is 6.42 Å². The van der Waals surface area contributed by atoms with Crippen LogP contribution in [0.2, 0.25) is 0 Å². The first kappa shape index (κ1) is 15.4. The van der Waals surface area contributed by atoms with E-state index >= 15 is 0 Å². The molecule has 0 aromatic heterocycles. The van der Waals surface area contributed by atoms with Gasteiger partial charge in [-0.25, -0.2) is 0 Å². The zero-order valence-electron chi connectivity index (χ0n) is 12.7. The van der Waals surface area contributed by atoms with Crippen LogP contribution in [0, 0.1) is 6.92 Å². The molecule has 5 heteroatoms. The maximum absolute atomic E-state index is 11.4. The molecule has 1 aliphatic heterocycles. The van der Waals surface area contributed by atoms with Crippen molar-refractivity contribution in [1.82, 2.24) is 0 Å². The number of rotatable bonds is 3. The molecule has 2 atom stereocenters. The third-order valence-electron chi connectivity index (χ3n) is 3.45. The molecule has 1 fully saturated rings. The molecule has 1 aromatic carbocycles. The number of piperidine rings is 1. The van der Waals surface area contributed by atoms with E-state index in [-0.39, 0.29) is 11.9 Å². The van der Waals surface area contributed by atoms with Crippen LogP contribution in [-0.4, -0.2) is 30.8 Å². The van der Waals surface area contributed by atoms with Gasteiger partial charge in [0, 0.05) is 26.1 Å². The van der Waals surface area contributed by atoms with E-state index in [2.05, 4.69) is 0 Å². The van der Waals surface area contributed by atoms with Crippen LogP contribution in [-0.2, 0) is 19.1 Å². The van der Waals surface area contributed by atoms with E-state index in [1.54, 1.807) is 0 Å². The second-order valence-electron chi connectivity index (χ2n) is 5.32. The molecule has 1 saturated heterocycles. The lowest BCUT2D eigenvalue weighted by molar-refractivity contribution is -0.167. The SMILES string of the molecule is CC(=O)O[C@H]1CCCN(c2cccc(C)c2)[C@H]1OC(C)=O. The average molecular weight is 291 g/mol. The van der Waals surface area contributed by atoms with Gasteiger partial charge < -0.3 is 14.4 Å². The number of anilines is 1. The lowest BCUT2D eigenvalue weighted by Gasteiger charge is -2.40. The second-order valence-corrected chi connectivity index (χ2v) is 5.32. The van der Waals surface area contributed by atoms with Crippen molar-refractivity contribution in [2.45, 2.75) is 45.9 Å². The number of benzene rings is 1. The summed E-state index contributed by atoms with van der Waals surface area (Å²) < 4.78 is 10.8. The minimum absolute atomic E-state index is 0.358. The Kier molecular flexibility index (Phi) is 4.83. The summed E-state index contributed by atoms with van der Waals surface area (Å²) in [6, 6.07) is 7.98. The van der Waals surface area contributed by atoms with E-state index in [9.17, 15) is 9.59 Å². The highest BCUT2D eigenvalue weighted by atomic mass is 16.6. The van der Waals surface area contributed by atoms with Gasteiger partial charge in [0.2, 0.25) is 6.23 Å². The fourth-order valence-corrected chi connectivity index (χ4v) is 2.66. The number of hydrogen-bond donors (Lipinski definition) is 0. The van der Waals surface area contributed by atoms with Crippen LogP contribution >= 0.6 is 0 Å². The number of carbonyl (C=O) groups is 2. The summed E-state index contributed by atoms with van der Waals surface area (Å²) >= 11 is 0. The minimum atomic E-state index is -0.568. The smallest absolute Gasteiger partial charge is 0.304 e.